The highest BCUT2D eigenvalue weighted by atomic mass is 79.9. The van der Waals surface area contributed by atoms with E-state index in [2.05, 4.69) is 37.0 Å². The Bertz CT molecular complexity index is 960. The van der Waals surface area contributed by atoms with Gasteiger partial charge in [-0.25, -0.2) is 0 Å². The second-order valence-corrected chi connectivity index (χ2v) is 7.67. The normalized spacial score (nSPS) is 17.0. The molecule has 0 amide bonds. The van der Waals surface area contributed by atoms with Gasteiger partial charge in [-0.3, -0.25) is 4.90 Å². The Morgan fingerprint density at radius 2 is 2.07 bits per heavy atom. The summed E-state index contributed by atoms with van der Waals surface area (Å²) in [5, 5.41) is 4.15. The molecule has 1 aliphatic heterocycles. The summed E-state index contributed by atoms with van der Waals surface area (Å²) in [4.78, 5) is 6.95. The van der Waals surface area contributed by atoms with Crippen LogP contribution in [0.5, 0.6) is 11.5 Å². The van der Waals surface area contributed by atoms with Gasteiger partial charge in [-0.15, -0.1) is 0 Å². The van der Waals surface area contributed by atoms with E-state index in [4.69, 9.17) is 14.0 Å². The van der Waals surface area contributed by atoms with Crippen LogP contribution in [-0.2, 0) is 6.54 Å². The predicted octanol–water partition coefficient (Wildman–Crippen LogP) is 4.85. The van der Waals surface area contributed by atoms with Crippen molar-refractivity contribution in [1.82, 2.24) is 15.0 Å². The third-order valence-electron chi connectivity index (χ3n) is 5.05. The Labute approximate surface area is 172 Å². The van der Waals surface area contributed by atoms with Crippen LogP contribution in [0.15, 0.2) is 51.5 Å². The molecular formula is C21H22BrN3O3. The number of ether oxygens (including phenoxy) is 2. The van der Waals surface area contributed by atoms with Gasteiger partial charge in [0.25, 0.3) is 0 Å². The quantitative estimate of drug-likeness (QED) is 0.542. The van der Waals surface area contributed by atoms with Gasteiger partial charge in [-0.1, -0.05) is 33.2 Å². The smallest absolute Gasteiger partial charge is 0.241 e. The molecule has 0 radical (unpaired) electrons. The summed E-state index contributed by atoms with van der Waals surface area (Å²) in [6.45, 7) is 1.58. The molecule has 28 heavy (non-hydrogen) atoms. The number of nitrogens with zero attached hydrogens (tertiary/aromatic N) is 3. The van der Waals surface area contributed by atoms with Gasteiger partial charge in [0, 0.05) is 21.6 Å². The standard InChI is InChI=1S/C21H22BrN3O3/c1-26-16-8-9-19(27-2)17(12-16)18-7-4-10-25(18)13-20-23-21(24-28-20)14-5-3-6-15(22)11-14/h3,5-6,8-9,11-12,18H,4,7,10,13H2,1-2H3. The summed E-state index contributed by atoms with van der Waals surface area (Å²) in [7, 11) is 3.38. The highest BCUT2D eigenvalue weighted by Gasteiger charge is 2.30. The van der Waals surface area contributed by atoms with Gasteiger partial charge in [0.1, 0.15) is 11.5 Å². The van der Waals surface area contributed by atoms with E-state index < -0.39 is 0 Å². The number of rotatable bonds is 6. The number of halogens is 1. The minimum atomic E-state index is 0.228. The van der Waals surface area contributed by atoms with E-state index in [0.29, 0.717) is 18.3 Å². The number of hydrogen-bond acceptors (Lipinski definition) is 6. The summed E-state index contributed by atoms with van der Waals surface area (Å²) < 4.78 is 17.5. The molecule has 146 valence electrons. The molecule has 0 aliphatic carbocycles. The van der Waals surface area contributed by atoms with Crippen molar-refractivity contribution < 1.29 is 14.0 Å². The van der Waals surface area contributed by atoms with Crippen molar-refractivity contribution in [1.29, 1.82) is 0 Å². The third-order valence-corrected chi connectivity index (χ3v) is 5.54. The third kappa shape index (κ3) is 3.91. The molecule has 1 aliphatic rings. The van der Waals surface area contributed by atoms with Gasteiger partial charge >= 0.3 is 0 Å². The molecule has 0 saturated carbocycles. The number of methoxy groups -OCH3 is 2. The van der Waals surface area contributed by atoms with E-state index in [0.717, 1.165) is 46.5 Å². The van der Waals surface area contributed by atoms with Gasteiger partial charge < -0.3 is 14.0 Å². The molecule has 1 fully saturated rings. The van der Waals surface area contributed by atoms with Crippen LogP contribution in [0, 0.1) is 0 Å². The van der Waals surface area contributed by atoms with Crippen LogP contribution in [-0.4, -0.2) is 35.8 Å². The Morgan fingerprint density at radius 3 is 2.86 bits per heavy atom. The van der Waals surface area contributed by atoms with Gasteiger partial charge in [0.2, 0.25) is 11.7 Å². The van der Waals surface area contributed by atoms with Crippen molar-refractivity contribution in [2.45, 2.75) is 25.4 Å². The average Bonchev–Trinajstić information content (AvgIpc) is 3.37. The van der Waals surface area contributed by atoms with Crippen molar-refractivity contribution in [3.63, 3.8) is 0 Å². The summed E-state index contributed by atoms with van der Waals surface area (Å²) >= 11 is 3.48. The minimum Gasteiger partial charge on any atom is -0.497 e. The topological polar surface area (TPSA) is 60.6 Å². The van der Waals surface area contributed by atoms with E-state index in [1.165, 1.54) is 0 Å². The highest BCUT2D eigenvalue weighted by Crippen LogP contribution is 2.39. The predicted molar refractivity (Wildman–Crippen MR) is 109 cm³/mol. The summed E-state index contributed by atoms with van der Waals surface area (Å²) in [6, 6.07) is 14.1. The zero-order valence-corrected chi connectivity index (χ0v) is 17.5. The lowest BCUT2D eigenvalue weighted by atomic mass is 10.0. The Hall–Kier alpha value is -2.38. The molecule has 4 rings (SSSR count). The van der Waals surface area contributed by atoms with Crippen LogP contribution in [0.3, 0.4) is 0 Å². The summed E-state index contributed by atoms with van der Waals surface area (Å²) in [6.07, 6.45) is 2.16. The Balaban J connectivity index is 1.55. The number of hydrogen-bond donors (Lipinski definition) is 0. The van der Waals surface area contributed by atoms with Crippen molar-refractivity contribution >= 4 is 15.9 Å². The average molecular weight is 444 g/mol. The first-order valence-electron chi connectivity index (χ1n) is 9.22. The monoisotopic (exact) mass is 443 g/mol. The van der Waals surface area contributed by atoms with E-state index >= 15 is 0 Å². The first-order chi connectivity index (χ1) is 13.7. The second kappa shape index (κ2) is 8.32. The molecule has 3 aromatic rings. The lowest BCUT2D eigenvalue weighted by Crippen LogP contribution is -2.23. The van der Waals surface area contributed by atoms with Crippen LogP contribution < -0.4 is 9.47 Å². The van der Waals surface area contributed by atoms with E-state index in [9.17, 15) is 0 Å². The largest absolute Gasteiger partial charge is 0.497 e. The lowest BCUT2D eigenvalue weighted by Gasteiger charge is -2.25. The Kier molecular flexibility index (Phi) is 5.64. The molecule has 1 aromatic heterocycles. The maximum Gasteiger partial charge on any atom is 0.241 e. The van der Waals surface area contributed by atoms with E-state index in [-0.39, 0.29) is 6.04 Å². The van der Waals surface area contributed by atoms with Crippen LogP contribution in [0.1, 0.15) is 30.3 Å². The SMILES string of the molecule is COc1ccc(OC)c(C2CCCN2Cc2nc(-c3cccc(Br)c3)no2)c1. The molecule has 0 spiro atoms. The first kappa shape index (κ1) is 19.0. The fourth-order valence-electron chi connectivity index (χ4n) is 3.71. The molecule has 6 nitrogen and oxygen atoms in total. The van der Waals surface area contributed by atoms with E-state index in [1.54, 1.807) is 14.2 Å². The maximum absolute atomic E-state index is 5.59. The van der Waals surface area contributed by atoms with Gasteiger partial charge in [0.15, 0.2) is 0 Å². The summed E-state index contributed by atoms with van der Waals surface area (Å²) in [5.41, 5.74) is 2.06. The molecule has 7 heteroatoms. The fraction of sp³-hybridized carbons (Fsp3) is 0.333. The number of benzene rings is 2. The van der Waals surface area contributed by atoms with Crippen LogP contribution in [0.25, 0.3) is 11.4 Å². The summed E-state index contributed by atoms with van der Waals surface area (Å²) in [5.74, 6) is 2.92. The molecule has 1 saturated heterocycles. The zero-order chi connectivity index (χ0) is 19.5. The molecule has 0 N–H and O–H groups in total. The lowest BCUT2D eigenvalue weighted by molar-refractivity contribution is 0.209. The first-order valence-corrected chi connectivity index (χ1v) is 10.0. The van der Waals surface area contributed by atoms with E-state index in [1.807, 2.05) is 36.4 Å². The van der Waals surface area contributed by atoms with Crippen molar-refractivity contribution in [2.75, 3.05) is 20.8 Å². The molecule has 2 heterocycles. The fourth-order valence-corrected chi connectivity index (χ4v) is 4.10. The minimum absolute atomic E-state index is 0.228. The molecule has 0 bridgehead atoms. The Morgan fingerprint density at radius 1 is 1.18 bits per heavy atom. The number of aromatic nitrogens is 2. The molecule has 2 aromatic carbocycles. The zero-order valence-electron chi connectivity index (χ0n) is 15.9. The number of likely N-dealkylation sites (tertiary alicyclic amines) is 1. The van der Waals surface area contributed by atoms with Crippen LogP contribution >= 0.6 is 15.9 Å². The van der Waals surface area contributed by atoms with Crippen LogP contribution in [0.2, 0.25) is 0 Å². The van der Waals surface area contributed by atoms with Crippen molar-refractivity contribution in [3.05, 3.63) is 58.4 Å². The molecule has 1 atom stereocenters. The van der Waals surface area contributed by atoms with Crippen LogP contribution in [0.4, 0.5) is 0 Å². The second-order valence-electron chi connectivity index (χ2n) is 6.76. The van der Waals surface area contributed by atoms with Gasteiger partial charge in [-0.05, 0) is 49.7 Å². The van der Waals surface area contributed by atoms with Gasteiger partial charge in [0.05, 0.1) is 20.8 Å². The maximum atomic E-state index is 5.59. The van der Waals surface area contributed by atoms with Crippen molar-refractivity contribution in [3.8, 4) is 22.9 Å². The van der Waals surface area contributed by atoms with Gasteiger partial charge in [-0.2, -0.15) is 4.98 Å². The van der Waals surface area contributed by atoms with Crippen molar-refractivity contribution in [2.24, 2.45) is 0 Å². The highest BCUT2D eigenvalue weighted by molar-refractivity contribution is 9.10. The molecule has 1 unspecified atom stereocenters. The molecular weight excluding hydrogens is 422 g/mol.